The van der Waals surface area contributed by atoms with Gasteiger partial charge >= 0.3 is 0 Å². The molecule has 0 aliphatic carbocycles. The van der Waals surface area contributed by atoms with E-state index in [2.05, 4.69) is 20.9 Å². The van der Waals surface area contributed by atoms with Gasteiger partial charge in [0, 0.05) is 87.6 Å². The summed E-state index contributed by atoms with van der Waals surface area (Å²) in [5, 5.41) is 13.5. The van der Waals surface area contributed by atoms with Crippen molar-refractivity contribution in [3.63, 3.8) is 0 Å². The van der Waals surface area contributed by atoms with Crippen LogP contribution in [0.15, 0.2) is 83.0 Å². The van der Waals surface area contributed by atoms with Crippen molar-refractivity contribution in [2.75, 3.05) is 46.9 Å². The van der Waals surface area contributed by atoms with Crippen LogP contribution in [0, 0.1) is 11.3 Å². The van der Waals surface area contributed by atoms with E-state index < -0.39 is 0 Å². The van der Waals surface area contributed by atoms with Crippen molar-refractivity contribution in [3.05, 3.63) is 110 Å². The zero-order valence-electron chi connectivity index (χ0n) is 29.8. The molecule has 0 bridgehead atoms. The molecule has 0 spiro atoms. The normalized spacial score (nSPS) is 16.5. The van der Waals surface area contributed by atoms with Crippen LogP contribution in [0.25, 0.3) is 28.0 Å². The Hall–Kier alpha value is -5.84. The minimum absolute atomic E-state index is 0.0343. The second-order valence-corrected chi connectivity index (χ2v) is 14.1. The van der Waals surface area contributed by atoms with Crippen LogP contribution in [-0.2, 0) is 18.4 Å². The smallest absolute Gasteiger partial charge is 0.265 e. The van der Waals surface area contributed by atoms with Crippen LogP contribution in [-0.4, -0.2) is 88.0 Å². The quantitative estimate of drug-likeness (QED) is 0.146. The number of fused-ring (bicyclic) bond motifs is 1. The molecule has 5 aromatic rings. The number of aromatic nitrogens is 3. The first-order valence-corrected chi connectivity index (χ1v) is 18.3. The van der Waals surface area contributed by atoms with Crippen LogP contribution in [0.5, 0.6) is 11.5 Å². The highest BCUT2D eigenvalue weighted by Crippen LogP contribution is 2.38. The number of thiazole rings is 1. The van der Waals surface area contributed by atoms with Crippen molar-refractivity contribution in [2.24, 2.45) is 7.05 Å². The van der Waals surface area contributed by atoms with Gasteiger partial charge < -0.3 is 23.8 Å². The molecule has 2 aromatic carbocycles. The highest BCUT2D eigenvalue weighted by Gasteiger charge is 2.32. The Bertz CT molecular complexity index is 2260. The number of pyridine rings is 2. The van der Waals surface area contributed by atoms with Crippen molar-refractivity contribution in [1.82, 2.24) is 29.2 Å². The van der Waals surface area contributed by atoms with Crippen LogP contribution in [0.3, 0.4) is 0 Å². The number of ether oxygens (including phenoxy) is 2. The van der Waals surface area contributed by atoms with Crippen molar-refractivity contribution in [1.29, 1.82) is 5.26 Å². The molecule has 0 radical (unpaired) electrons. The molecule has 2 saturated heterocycles. The lowest BCUT2D eigenvalue weighted by Gasteiger charge is -2.35. The molecule has 5 heterocycles. The fraction of sp³-hybridized carbons (Fsp3) is 0.300. The third-order valence-electron chi connectivity index (χ3n) is 10.1. The summed E-state index contributed by atoms with van der Waals surface area (Å²) >= 11 is 1.38. The average Bonchev–Trinajstić information content (AvgIpc) is 3.91. The SMILES string of the molecule is COc1cc(-c2cn(C)c(=O)c3cnccc23)cc(OC)c1CN1CCN(C(=O)c2ccc(C3CCCN3C(=O)/C(C#N)=C\c3nccs3)cc2)CC1. The highest BCUT2D eigenvalue weighted by molar-refractivity contribution is 7.10. The van der Waals surface area contributed by atoms with E-state index in [4.69, 9.17) is 9.47 Å². The summed E-state index contributed by atoms with van der Waals surface area (Å²) in [4.78, 5) is 53.9. The summed E-state index contributed by atoms with van der Waals surface area (Å²) in [6, 6.07) is 15.2. The molecule has 1 atom stereocenters. The van der Waals surface area contributed by atoms with Gasteiger partial charge in [0.15, 0.2) is 0 Å². The zero-order chi connectivity index (χ0) is 37.1. The number of methoxy groups -OCH3 is 2. The fourth-order valence-electron chi connectivity index (χ4n) is 7.28. The van der Waals surface area contributed by atoms with Gasteiger partial charge in [0.2, 0.25) is 0 Å². The first kappa shape index (κ1) is 35.6. The molecule has 0 saturated carbocycles. The van der Waals surface area contributed by atoms with Gasteiger partial charge in [-0.2, -0.15) is 5.26 Å². The molecule has 270 valence electrons. The maximum atomic E-state index is 13.6. The van der Waals surface area contributed by atoms with Gasteiger partial charge in [-0.1, -0.05) is 12.1 Å². The number of benzene rings is 2. The maximum absolute atomic E-state index is 13.6. The van der Waals surface area contributed by atoms with Crippen LogP contribution < -0.4 is 15.0 Å². The molecule has 1 unspecified atom stereocenters. The zero-order valence-corrected chi connectivity index (χ0v) is 30.6. The molecule has 12 nitrogen and oxygen atoms in total. The van der Waals surface area contributed by atoms with Gasteiger partial charge in [-0.05, 0) is 65.8 Å². The lowest BCUT2D eigenvalue weighted by molar-refractivity contribution is -0.127. The number of carbonyl (C=O) groups excluding carboxylic acids is 2. The number of piperazine rings is 1. The average molecular weight is 730 g/mol. The molecule has 3 aromatic heterocycles. The Morgan fingerprint density at radius 2 is 1.74 bits per heavy atom. The van der Waals surface area contributed by atoms with Crippen molar-refractivity contribution < 1.29 is 19.1 Å². The predicted octanol–water partition coefficient (Wildman–Crippen LogP) is 5.30. The Kier molecular flexibility index (Phi) is 10.3. The first-order chi connectivity index (χ1) is 25.8. The topological polar surface area (TPSA) is 134 Å². The Morgan fingerprint density at radius 1 is 1.00 bits per heavy atom. The van der Waals surface area contributed by atoms with Gasteiger partial charge in [-0.25, -0.2) is 4.98 Å². The van der Waals surface area contributed by atoms with Crippen LogP contribution in [0.1, 0.15) is 45.4 Å². The van der Waals surface area contributed by atoms with E-state index in [0.717, 1.165) is 40.5 Å². The Morgan fingerprint density at radius 3 is 2.40 bits per heavy atom. The van der Waals surface area contributed by atoms with E-state index in [-0.39, 0.29) is 29.0 Å². The fourth-order valence-corrected chi connectivity index (χ4v) is 7.85. The molecule has 7 rings (SSSR count). The molecule has 2 fully saturated rings. The molecule has 53 heavy (non-hydrogen) atoms. The number of nitriles is 1. The number of aryl methyl sites for hydroxylation is 1. The van der Waals surface area contributed by atoms with Gasteiger partial charge in [0.25, 0.3) is 17.4 Å². The van der Waals surface area contributed by atoms with E-state index in [9.17, 15) is 19.6 Å². The molecule has 2 amide bonds. The minimum Gasteiger partial charge on any atom is -0.496 e. The third kappa shape index (κ3) is 7.16. The lowest BCUT2D eigenvalue weighted by Crippen LogP contribution is -2.48. The largest absolute Gasteiger partial charge is 0.496 e. The number of nitrogens with zero attached hydrogens (tertiary/aromatic N) is 7. The van der Waals surface area contributed by atoms with Crippen molar-refractivity contribution in [3.8, 4) is 28.7 Å². The summed E-state index contributed by atoms with van der Waals surface area (Å²) in [7, 11) is 5.01. The third-order valence-corrected chi connectivity index (χ3v) is 10.8. The summed E-state index contributed by atoms with van der Waals surface area (Å²) in [6.45, 7) is 3.61. The van der Waals surface area contributed by atoms with Crippen LogP contribution >= 0.6 is 11.3 Å². The number of likely N-dealkylation sites (tertiary alicyclic amines) is 1. The summed E-state index contributed by atoms with van der Waals surface area (Å²) in [6.07, 6.45) is 9.91. The van der Waals surface area contributed by atoms with E-state index in [1.54, 1.807) is 60.8 Å². The predicted molar refractivity (Wildman–Crippen MR) is 203 cm³/mol. The maximum Gasteiger partial charge on any atom is 0.265 e. The highest BCUT2D eigenvalue weighted by atomic mass is 32.1. The minimum atomic E-state index is -0.301. The molecular formula is C40H39N7O5S. The second kappa shape index (κ2) is 15.4. The molecule has 2 aliphatic heterocycles. The summed E-state index contributed by atoms with van der Waals surface area (Å²) in [5.74, 6) is 1.02. The van der Waals surface area contributed by atoms with E-state index in [0.29, 0.717) is 66.7 Å². The standard InChI is InChI=1S/C40H39N7O5S/c1-44-24-32(30-10-11-42-23-31(30)40(44)50)28-19-35(51-2)33(36(20-28)52-3)25-45-14-16-46(17-15-45)38(48)27-8-6-26(7-9-27)34-5-4-13-47(34)39(49)29(22-41)21-37-43-12-18-53-37/h6-12,18-21,23-24,34H,4-5,13-17,25H2,1-3H3/b29-21-. The van der Waals surface area contributed by atoms with E-state index in [1.807, 2.05) is 53.6 Å². The number of carbonyl (C=O) groups is 2. The van der Waals surface area contributed by atoms with Gasteiger partial charge in [0.1, 0.15) is 28.1 Å². The number of hydrogen-bond acceptors (Lipinski definition) is 10. The van der Waals surface area contributed by atoms with Crippen molar-refractivity contribution in [2.45, 2.75) is 25.4 Å². The molecule has 2 aliphatic rings. The molecular weight excluding hydrogens is 691 g/mol. The Labute approximate surface area is 311 Å². The van der Waals surface area contributed by atoms with Crippen molar-refractivity contribution >= 4 is 40.0 Å². The van der Waals surface area contributed by atoms with Gasteiger partial charge in [-0.3, -0.25) is 24.3 Å². The summed E-state index contributed by atoms with van der Waals surface area (Å²) < 4.78 is 13.3. The Balaban J connectivity index is 1.01. The molecule has 0 N–H and O–H groups in total. The molecule has 13 heteroatoms. The van der Waals surface area contributed by atoms with Gasteiger partial charge in [0.05, 0.1) is 31.2 Å². The van der Waals surface area contributed by atoms with E-state index >= 15 is 0 Å². The lowest BCUT2D eigenvalue weighted by atomic mass is 9.98. The van der Waals surface area contributed by atoms with Crippen LogP contribution in [0.2, 0.25) is 0 Å². The number of hydrogen-bond donors (Lipinski definition) is 0. The van der Waals surface area contributed by atoms with Gasteiger partial charge in [-0.15, -0.1) is 11.3 Å². The first-order valence-electron chi connectivity index (χ1n) is 17.4. The second-order valence-electron chi connectivity index (χ2n) is 13.1. The summed E-state index contributed by atoms with van der Waals surface area (Å²) in [5.41, 5.74) is 4.13. The monoisotopic (exact) mass is 729 g/mol. The van der Waals surface area contributed by atoms with Crippen LogP contribution in [0.4, 0.5) is 0 Å². The number of amides is 2. The number of rotatable bonds is 9. The van der Waals surface area contributed by atoms with E-state index in [1.165, 1.54) is 11.3 Å².